The molecule has 2 aromatic carbocycles. The van der Waals surface area contributed by atoms with Crippen molar-refractivity contribution >= 4 is 17.9 Å². The highest BCUT2D eigenvalue weighted by Crippen LogP contribution is 2.38. The Morgan fingerprint density at radius 2 is 1.48 bits per heavy atom. The second kappa shape index (κ2) is 5.15. The number of benzene rings is 2. The maximum atomic E-state index is 6.05. The molecule has 1 saturated heterocycles. The molecule has 0 radical (unpaired) electrons. The summed E-state index contributed by atoms with van der Waals surface area (Å²) in [6.45, 7) is 8.40. The Hall–Kier alpha value is -1.32. The van der Waals surface area contributed by atoms with E-state index in [1.807, 2.05) is 0 Å². The molecule has 0 N–H and O–H groups in total. The molecule has 110 valence electrons. The molecule has 2 aromatic rings. The molecule has 1 heterocycles. The van der Waals surface area contributed by atoms with E-state index < -0.39 is 0 Å². The summed E-state index contributed by atoms with van der Waals surface area (Å²) >= 11 is 0. The van der Waals surface area contributed by atoms with Crippen molar-refractivity contribution in [3.8, 4) is 0 Å². The first kappa shape index (κ1) is 14.6. The molecule has 21 heavy (non-hydrogen) atoms. The summed E-state index contributed by atoms with van der Waals surface area (Å²) in [4.78, 5) is 0. The van der Waals surface area contributed by atoms with Crippen molar-refractivity contribution in [3.63, 3.8) is 0 Å². The number of hydrogen-bond acceptors (Lipinski definition) is 2. The number of rotatable bonds is 3. The van der Waals surface area contributed by atoms with Gasteiger partial charge in [-0.1, -0.05) is 42.5 Å². The molecule has 1 aliphatic heterocycles. The average molecular weight is 282 g/mol. The van der Waals surface area contributed by atoms with Gasteiger partial charge in [0.25, 0.3) is 0 Å². The smallest absolute Gasteiger partial charge is 0.403 e. The predicted molar refractivity (Wildman–Crippen MR) is 88.5 cm³/mol. The lowest BCUT2D eigenvalue weighted by Gasteiger charge is -2.32. The molecule has 1 aliphatic rings. The second-order valence-corrected chi connectivity index (χ2v) is 6.91. The summed E-state index contributed by atoms with van der Waals surface area (Å²) in [5.41, 5.74) is 0.866. The molecular formula is C18H23BO2. The summed E-state index contributed by atoms with van der Waals surface area (Å²) in [5.74, 6) is 0. The lowest BCUT2D eigenvalue weighted by atomic mass is 9.81. The highest BCUT2D eigenvalue weighted by molar-refractivity contribution is 6.45. The Labute approximate surface area is 127 Å². The van der Waals surface area contributed by atoms with Gasteiger partial charge in [-0.15, -0.1) is 0 Å². The molecule has 3 heteroatoms. The lowest BCUT2D eigenvalue weighted by molar-refractivity contribution is 0.00578. The molecule has 0 unspecified atom stereocenters. The van der Waals surface area contributed by atoms with Crippen LogP contribution >= 0.6 is 0 Å². The number of hydrogen-bond donors (Lipinski definition) is 0. The van der Waals surface area contributed by atoms with Gasteiger partial charge in [0.05, 0.1) is 11.2 Å². The van der Waals surface area contributed by atoms with Crippen molar-refractivity contribution in [1.29, 1.82) is 0 Å². The molecule has 0 aliphatic carbocycles. The van der Waals surface area contributed by atoms with Crippen molar-refractivity contribution in [2.45, 2.75) is 51.6 Å². The van der Waals surface area contributed by atoms with E-state index in [0.717, 1.165) is 12.7 Å². The van der Waals surface area contributed by atoms with Crippen LogP contribution in [0.15, 0.2) is 42.5 Å². The molecule has 0 spiro atoms. The van der Waals surface area contributed by atoms with Crippen LogP contribution < -0.4 is 0 Å². The summed E-state index contributed by atoms with van der Waals surface area (Å²) < 4.78 is 12.1. The number of fused-ring (bicyclic) bond motifs is 1. The summed E-state index contributed by atoms with van der Waals surface area (Å²) in [6, 6.07) is 15.1. The zero-order valence-corrected chi connectivity index (χ0v) is 13.3. The highest BCUT2D eigenvalue weighted by atomic mass is 16.7. The fourth-order valence-corrected chi connectivity index (χ4v) is 2.76. The zero-order valence-electron chi connectivity index (χ0n) is 13.3. The fourth-order valence-electron chi connectivity index (χ4n) is 2.76. The van der Waals surface area contributed by atoms with Gasteiger partial charge in [-0.3, -0.25) is 0 Å². The van der Waals surface area contributed by atoms with Crippen LogP contribution in [-0.2, 0) is 15.7 Å². The lowest BCUT2D eigenvalue weighted by Crippen LogP contribution is -2.41. The van der Waals surface area contributed by atoms with Gasteiger partial charge >= 0.3 is 7.12 Å². The SMILES string of the molecule is CC1(C)OB(CCc2ccc3ccccc3c2)OC1(C)C. The van der Waals surface area contributed by atoms with E-state index in [9.17, 15) is 0 Å². The Bertz CT molecular complexity index is 632. The van der Waals surface area contributed by atoms with Crippen molar-refractivity contribution in [1.82, 2.24) is 0 Å². The van der Waals surface area contributed by atoms with Gasteiger partial charge in [-0.2, -0.15) is 0 Å². The average Bonchev–Trinajstić information content (AvgIpc) is 2.64. The van der Waals surface area contributed by atoms with Crippen LogP contribution in [0.4, 0.5) is 0 Å². The van der Waals surface area contributed by atoms with E-state index in [4.69, 9.17) is 9.31 Å². The molecule has 1 fully saturated rings. The summed E-state index contributed by atoms with van der Waals surface area (Å²) in [5, 5.41) is 2.58. The van der Waals surface area contributed by atoms with Crippen LogP contribution in [0, 0.1) is 0 Å². The van der Waals surface area contributed by atoms with Gasteiger partial charge in [-0.25, -0.2) is 0 Å². The van der Waals surface area contributed by atoms with Gasteiger partial charge in [0.15, 0.2) is 0 Å². The summed E-state index contributed by atoms with van der Waals surface area (Å²) in [7, 11) is -0.110. The van der Waals surface area contributed by atoms with Gasteiger partial charge < -0.3 is 9.31 Å². The van der Waals surface area contributed by atoms with E-state index in [0.29, 0.717) is 0 Å². The number of aryl methyl sites for hydroxylation is 1. The van der Waals surface area contributed by atoms with E-state index in [-0.39, 0.29) is 18.3 Å². The van der Waals surface area contributed by atoms with Crippen LogP contribution in [0.2, 0.25) is 6.32 Å². The van der Waals surface area contributed by atoms with Gasteiger partial charge in [0.2, 0.25) is 0 Å². The van der Waals surface area contributed by atoms with Gasteiger partial charge in [0.1, 0.15) is 0 Å². The molecule has 0 amide bonds. The minimum Gasteiger partial charge on any atom is -0.403 e. The minimum atomic E-state index is -0.235. The Balaban J connectivity index is 1.67. The third-order valence-corrected chi connectivity index (χ3v) is 4.78. The zero-order chi connectivity index (χ0) is 15.1. The Morgan fingerprint density at radius 3 is 2.14 bits per heavy atom. The molecule has 0 aromatic heterocycles. The van der Waals surface area contributed by atoms with Crippen LogP contribution in [0.25, 0.3) is 10.8 Å². The molecule has 0 bridgehead atoms. The van der Waals surface area contributed by atoms with Crippen LogP contribution in [0.1, 0.15) is 33.3 Å². The quantitative estimate of drug-likeness (QED) is 0.773. The molecule has 0 saturated carbocycles. The first-order valence-corrected chi connectivity index (χ1v) is 7.71. The van der Waals surface area contributed by atoms with Crippen LogP contribution in [0.3, 0.4) is 0 Å². The van der Waals surface area contributed by atoms with Crippen LogP contribution in [0.5, 0.6) is 0 Å². The first-order chi connectivity index (χ1) is 9.87. The summed E-state index contributed by atoms with van der Waals surface area (Å²) in [6.07, 6.45) is 1.87. The van der Waals surface area contributed by atoms with Gasteiger partial charge in [0, 0.05) is 0 Å². The van der Waals surface area contributed by atoms with Crippen LogP contribution in [-0.4, -0.2) is 18.3 Å². The molecular weight excluding hydrogens is 259 g/mol. The second-order valence-electron chi connectivity index (χ2n) is 6.91. The predicted octanol–water partition coefficient (Wildman–Crippen LogP) is 4.47. The third-order valence-electron chi connectivity index (χ3n) is 4.78. The highest BCUT2D eigenvalue weighted by Gasteiger charge is 2.50. The third kappa shape index (κ3) is 2.85. The fraction of sp³-hybridized carbons (Fsp3) is 0.444. The van der Waals surface area contributed by atoms with E-state index in [1.54, 1.807) is 0 Å². The van der Waals surface area contributed by atoms with Crippen molar-refractivity contribution in [2.24, 2.45) is 0 Å². The standard InChI is InChI=1S/C18H23BO2/c1-17(2)18(3,4)21-19(20-17)12-11-14-9-10-15-7-5-6-8-16(15)13-14/h5-10,13H,11-12H2,1-4H3. The largest absolute Gasteiger partial charge is 0.458 e. The normalized spacial score (nSPS) is 20.1. The van der Waals surface area contributed by atoms with E-state index >= 15 is 0 Å². The van der Waals surface area contributed by atoms with Crippen molar-refractivity contribution in [3.05, 3.63) is 48.0 Å². The van der Waals surface area contributed by atoms with Gasteiger partial charge in [-0.05, 0) is 56.8 Å². The van der Waals surface area contributed by atoms with Crippen molar-refractivity contribution < 1.29 is 9.31 Å². The van der Waals surface area contributed by atoms with Crippen molar-refractivity contribution in [2.75, 3.05) is 0 Å². The Morgan fingerprint density at radius 1 is 0.857 bits per heavy atom. The molecule has 2 nitrogen and oxygen atoms in total. The monoisotopic (exact) mass is 282 g/mol. The van der Waals surface area contributed by atoms with E-state index in [2.05, 4.69) is 70.2 Å². The Kier molecular flexibility index (Phi) is 3.58. The maximum absolute atomic E-state index is 6.05. The van der Waals surface area contributed by atoms with E-state index in [1.165, 1.54) is 16.3 Å². The minimum absolute atomic E-state index is 0.110. The maximum Gasteiger partial charge on any atom is 0.458 e. The molecule has 3 rings (SSSR count). The molecule has 0 atom stereocenters. The first-order valence-electron chi connectivity index (χ1n) is 7.71. The topological polar surface area (TPSA) is 18.5 Å².